The number of carbonyl (C=O) groups excluding carboxylic acids is 1. The molecule has 0 saturated heterocycles. The van der Waals surface area contributed by atoms with Crippen LogP contribution in [0.2, 0.25) is 5.02 Å². The molecule has 2 rings (SSSR count). The second-order valence-corrected chi connectivity index (χ2v) is 8.59. The van der Waals surface area contributed by atoms with Crippen molar-refractivity contribution in [2.24, 2.45) is 7.05 Å². The van der Waals surface area contributed by atoms with Crippen LogP contribution < -0.4 is 4.74 Å². The smallest absolute Gasteiger partial charge is 0.236 e. The molecule has 1 aromatic carbocycles. The number of thioether (sulfide) groups is 1. The van der Waals surface area contributed by atoms with Crippen LogP contribution in [0.4, 0.5) is 0 Å². The molecule has 27 heavy (non-hydrogen) atoms. The lowest BCUT2D eigenvalue weighted by Crippen LogP contribution is -2.45. The largest absolute Gasteiger partial charge is 0.484 e. The van der Waals surface area contributed by atoms with Gasteiger partial charge in [0.15, 0.2) is 11.0 Å². The Balaban J connectivity index is 2.04. The summed E-state index contributed by atoms with van der Waals surface area (Å²) in [6.07, 6.45) is 0. The maximum atomic E-state index is 12.8. The van der Waals surface area contributed by atoms with E-state index in [2.05, 4.69) is 10.2 Å². The van der Waals surface area contributed by atoms with Gasteiger partial charge in [0, 0.05) is 19.1 Å². The zero-order chi connectivity index (χ0) is 20.1. The first-order valence-corrected chi connectivity index (χ1v) is 10.2. The Labute approximate surface area is 170 Å². The first kappa shape index (κ1) is 21.6. The van der Waals surface area contributed by atoms with E-state index in [0.717, 1.165) is 0 Å². The highest BCUT2D eigenvalue weighted by atomic mass is 35.5. The number of hydrogen-bond acceptors (Lipinski definition) is 5. The summed E-state index contributed by atoms with van der Waals surface area (Å²) in [5.41, 5.74) is 0. The van der Waals surface area contributed by atoms with Gasteiger partial charge in [0.2, 0.25) is 5.91 Å². The molecule has 0 bridgehead atoms. The minimum absolute atomic E-state index is 0.0990. The van der Waals surface area contributed by atoms with Crippen LogP contribution in [-0.2, 0) is 18.4 Å². The fourth-order valence-electron chi connectivity index (χ4n) is 2.80. The number of carbonyl (C=O) groups is 1. The third kappa shape index (κ3) is 5.39. The average molecular weight is 411 g/mol. The van der Waals surface area contributed by atoms with Gasteiger partial charge in [-0.1, -0.05) is 35.5 Å². The minimum atomic E-state index is -0.255. The second kappa shape index (κ2) is 9.46. The van der Waals surface area contributed by atoms with Crippen molar-refractivity contribution >= 4 is 29.3 Å². The van der Waals surface area contributed by atoms with Gasteiger partial charge in [-0.15, -0.1) is 10.2 Å². The highest BCUT2D eigenvalue weighted by Gasteiger charge is 2.27. The van der Waals surface area contributed by atoms with Crippen LogP contribution in [0.15, 0.2) is 29.4 Å². The summed E-state index contributed by atoms with van der Waals surface area (Å²) in [5.74, 6) is 1.37. The fourth-order valence-corrected chi connectivity index (χ4v) is 3.88. The first-order valence-electron chi connectivity index (χ1n) is 8.96. The topological polar surface area (TPSA) is 60.3 Å². The van der Waals surface area contributed by atoms with Crippen LogP contribution in [0.5, 0.6) is 5.75 Å². The molecule has 0 fully saturated rings. The SMILES string of the molecule is CC(C)N(C(=O)[C@H](C)Sc1nnc(COc2ccccc2Cl)n1C)C(C)C. The van der Waals surface area contributed by atoms with Gasteiger partial charge in [-0.2, -0.15) is 0 Å². The van der Waals surface area contributed by atoms with Gasteiger partial charge in [0.1, 0.15) is 12.4 Å². The molecule has 0 saturated carbocycles. The zero-order valence-electron chi connectivity index (χ0n) is 16.6. The van der Waals surface area contributed by atoms with Crippen LogP contribution in [0.3, 0.4) is 0 Å². The summed E-state index contributed by atoms with van der Waals surface area (Å²) in [4.78, 5) is 14.7. The van der Waals surface area contributed by atoms with Crippen LogP contribution in [0, 0.1) is 0 Å². The van der Waals surface area contributed by atoms with E-state index >= 15 is 0 Å². The molecule has 1 atom stereocenters. The number of halogens is 1. The standard InChI is InChI=1S/C19H27ClN4O2S/c1-12(2)24(13(3)4)18(25)14(5)27-19-22-21-17(23(19)6)11-26-16-10-8-7-9-15(16)20/h7-10,12-14H,11H2,1-6H3/t14-/m0/s1. The van der Waals surface area contributed by atoms with Gasteiger partial charge < -0.3 is 14.2 Å². The lowest BCUT2D eigenvalue weighted by atomic mass is 10.2. The van der Waals surface area contributed by atoms with Crippen molar-refractivity contribution < 1.29 is 9.53 Å². The molecule has 0 unspecified atom stereocenters. The molecule has 148 valence electrons. The number of amides is 1. The van der Waals surface area contributed by atoms with E-state index in [1.165, 1.54) is 11.8 Å². The van der Waals surface area contributed by atoms with Gasteiger partial charge in [0.05, 0.1) is 10.3 Å². The number of aromatic nitrogens is 3. The molecule has 0 N–H and O–H groups in total. The predicted molar refractivity (Wildman–Crippen MR) is 109 cm³/mol. The first-order chi connectivity index (χ1) is 12.7. The summed E-state index contributed by atoms with van der Waals surface area (Å²) in [5, 5.41) is 9.38. The number of hydrogen-bond donors (Lipinski definition) is 0. The molecule has 8 heteroatoms. The molecule has 1 heterocycles. The van der Waals surface area contributed by atoms with Crippen LogP contribution in [0.25, 0.3) is 0 Å². The Morgan fingerprint density at radius 1 is 1.19 bits per heavy atom. The number of rotatable bonds is 8. The molecular weight excluding hydrogens is 384 g/mol. The van der Waals surface area contributed by atoms with Crippen molar-refractivity contribution in [3.05, 3.63) is 35.1 Å². The maximum absolute atomic E-state index is 12.8. The Kier molecular flexibility index (Phi) is 7.56. The monoisotopic (exact) mass is 410 g/mol. The van der Waals surface area contributed by atoms with Crippen LogP contribution >= 0.6 is 23.4 Å². The fraction of sp³-hybridized carbons (Fsp3) is 0.526. The van der Waals surface area contributed by atoms with Gasteiger partial charge in [-0.05, 0) is 46.8 Å². The summed E-state index contributed by atoms with van der Waals surface area (Å²) in [6, 6.07) is 7.60. The summed E-state index contributed by atoms with van der Waals surface area (Å²) in [6.45, 7) is 10.3. The van der Waals surface area contributed by atoms with E-state index in [4.69, 9.17) is 16.3 Å². The molecule has 2 aromatic rings. The summed E-state index contributed by atoms with van der Waals surface area (Å²) in [7, 11) is 1.87. The number of benzene rings is 1. The predicted octanol–water partition coefficient (Wildman–Crippen LogP) is 4.17. The van der Waals surface area contributed by atoms with Crippen molar-refractivity contribution in [3.63, 3.8) is 0 Å². The van der Waals surface area contributed by atoms with Crippen LogP contribution in [-0.4, -0.2) is 42.9 Å². The quantitative estimate of drug-likeness (QED) is 0.611. The Morgan fingerprint density at radius 2 is 1.81 bits per heavy atom. The average Bonchev–Trinajstić information content (AvgIpc) is 2.93. The molecule has 0 spiro atoms. The third-order valence-corrected chi connectivity index (χ3v) is 5.55. The lowest BCUT2D eigenvalue weighted by molar-refractivity contribution is -0.133. The molecule has 0 aliphatic carbocycles. The van der Waals surface area contributed by atoms with E-state index in [9.17, 15) is 4.79 Å². The summed E-state index contributed by atoms with van der Waals surface area (Å²) >= 11 is 7.51. The third-order valence-electron chi connectivity index (χ3n) is 4.12. The number of para-hydroxylation sites is 1. The Bertz CT molecular complexity index is 771. The second-order valence-electron chi connectivity index (χ2n) is 6.87. The van der Waals surface area contributed by atoms with Gasteiger partial charge in [-0.3, -0.25) is 4.79 Å². The molecule has 0 aliphatic heterocycles. The van der Waals surface area contributed by atoms with Crippen LogP contribution in [0.1, 0.15) is 40.4 Å². The van der Waals surface area contributed by atoms with E-state index in [1.54, 1.807) is 6.07 Å². The molecular formula is C19H27ClN4O2S. The summed E-state index contributed by atoms with van der Waals surface area (Å²) < 4.78 is 7.58. The molecule has 1 amide bonds. The molecule has 0 aliphatic rings. The van der Waals surface area contributed by atoms with E-state index in [-0.39, 0.29) is 29.8 Å². The highest BCUT2D eigenvalue weighted by Crippen LogP contribution is 2.26. The van der Waals surface area contributed by atoms with E-state index in [0.29, 0.717) is 21.8 Å². The highest BCUT2D eigenvalue weighted by molar-refractivity contribution is 8.00. The van der Waals surface area contributed by atoms with Crippen molar-refractivity contribution in [3.8, 4) is 5.75 Å². The number of ether oxygens (including phenoxy) is 1. The molecule has 6 nitrogen and oxygen atoms in total. The van der Waals surface area contributed by atoms with Gasteiger partial charge in [0.25, 0.3) is 0 Å². The molecule has 0 radical (unpaired) electrons. The van der Waals surface area contributed by atoms with E-state index < -0.39 is 0 Å². The van der Waals surface area contributed by atoms with E-state index in [1.807, 2.05) is 69.3 Å². The van der Waals surface area contributed by atoms with Crippen molar-refractivity contribution in [2.45, 2.75) is 63.7 Å². The molecule has 1 aromatic heterocycles. The lowest BCUT2D eigenvalue weighted by Gasteiger charge is -2.32. The number of nitrogens with zero attached hydrogens (tertiary/aromatic N) is 4. The van der Waals surface area contributed by atoms with Crippen molar-refractivity contribution in [1.82, 2.24) is 19.7 Å². The van der Waals surface area contributed by atoms with Gasteiger partial charge >= 0.3 is 0 Å². The van der Waals surface area contributed by atoms with Crippen molar-refractivity contribution in [1.29, 1.82) is 0 Å². The zero-order valence-corrected chi connectivity index (χ0v) is 18.2. The van der Waals surface area contributed by atoms with Gasteiger partial charge in [-0.25, -0.2) is 0 Å². The normalized spacial score (nSPS) is 12.5. The minimum Gasteiger partial charge on any atom is -0.484 e. The van der Waals surface area contributed by atoms with Crippen molar-refractivity contribution in [2.75, 3.05) is 0 Å². The Morgan fingerprint density at radius 3 is 2.41 bits per heavy atom. The maximum Gasteiger partial charge on any atom is 0.236 e. The Hall–Kier alpha value is -1.73.